The Labute approximate surface area is 311 Å². The first-order chi connectivity index (χ1) is 25.9. The summed E-state index contributed by atoms with van der Waals surface area (Å²) in [6.45, 7) is 1.69. The lowest BCUT2D eigenvalue weighted by molar-refractivity contribution is -0.0590. The van der Waals surface area contributed by atoms with Crippen LogP contribution in [0.4, 0.5) is 10.1 Å². The number of aromatic nitrogens is 5. The van der Waals surface area contributed by atoms with E-state index >= 15 is 0 Å². The Morgan fingerprint density at radius 2 is 1.85 bits per heavy atom. The maximum absolute atomic E-state index is 14.3. The molecule has 3 aliphatic carbocycles. The van der Waals surface area contributed by atoms with E-state index in [0.717, 1.165) is 109 Å². The van der Waals surface area contributed by atoms with Crippen LogP contribution in [-0.4, -0.2) is 43.4 Å². The van der Waals surface area contributed by atoms with Crippen LogP contribution < -0.4 is 10.1 Å². The topological polar surface area (TPSA) is 107 Å². The zero-order valence-corrected chi connectivity index (χ0v) is 30.0. The summed E-state index contributed by atoms with van der Waals surface area (Å²) >= 11 is 5.91. The third kappa shape index (κ3) is 6.25. The number of anilines is 1. The molecule has 2 N–H and O–H groups in total. The molecule has 270 valence electrons. The van der Waals surface area contributed by atoms with Crippen LogP contribution in [0.25, 0.3) is 21.9 Å². The Kier molecular flexibility index (Phi) is 8.02. The maximum atomic E-state index is 14.3. The molecule has 6 aromatic rings. The number of nitrogens with one attached hydrogen (secondary N) is 2. The van der Waals surface area contributed by atoms with Gasteiger partial charge < -0.3 is 19.4 Å². The summed E-state index contributed by atoms with van der Waals surface area (Å²) in [6.07, 6.45) is 9.03. The van der Waals surface area contributed by atoms with Gasteiger partial charge in [0.15, 0.2) is 0 Å². The van der Waals surface area contributed by atoms with Gasteiger partial charge in [0.1, 0.15) is 18.2 Å². The summed E-state index contributed by atoms with van der Waals surface area (Å²) < 4.78 is 28.5. The lowest BCUT2D eigenvalue weighted by Gasteiger charge is -2.30. The van der Waals surface area contributed by atoms with E-state index in [9.17, 15) is 9.18 Å². The number of amides is 1. The highest BCUT2D eigenvalue weighted by molar-refractivity contribution is 6.30. The molecule has 1 aliphatic heterocycles. The second-order valence-corrected chi connectivity index (χ2v) is 15.9. The second kappa shape index (κ2) is 13.0. The van der Waals surface area contributed by atoms with Crippen molar-refractivity contribution in [1.82, 2.24) is 24.7 Å². The highest BCUT2D eigenvalue weighted by Crippen LogP contribution is 2.67. The largest absolute Gasteiger partial charge is 0.473 e. The van der Waals surface area contributed by atoms with Crippen molar-refractivity contribution < 1.29 is 18.7 Å². The first-order valence-electron chi connectivity index (χ1n) is 18.8. The number of aromatic amines is 1. The lowest BCUT2D eigenvalue weighted by Crippen LogP contribution is -2.31. The van der Waals surface area contributed by atoms with Crippen molar-refractivity contribution in [3.8, 4) is 5.88 Å². The van der Waals surface area contributed by atoms with Gasteiger partial charge in [-0.05, 0) is 111 Å². The minimum absolute atomic E-state index is 0.0963. The highest BCUT2D eigenvalue weighted by atomic mass is 35.5. The first-order valence-corrected chi connectivity index (χ1v) is 19.2. The lowest BCUT2D eigenvalue weighted by atomic mass is 9.77. The number of rotatable bonds is 10. The van der Waals surface area contributed by atoms with Gasteiger partial charge in [0.05, 0.1) is 29.2 Å². The molecule has 11 heteroatoms. The number of halogens is 2. The molecule has 2 unspecified atom stereocenters. The zero-order valence-electron chi connectivity index (χ0n) is 29.3. The number of carbonyl (C=O) groups excluding carboxylic acids is 1. The summed E-state index contributed by atoms with van der Waals surface area (Å²) in [5.74, 6) is 2.37. The van der Waals surface area contributed by atoms with Crippen LogP contribution in [0.2, 0.25) is 5.02 Å². The number of imidazole rings is 1. The number of fused-ring (bicyclic) bond motifs is 2. The van der Waals surface area contributed by atoms with Crippen LogP contribution in [-0.2, 0) is 17.9 Å². The standard InChI is InChI=1S/C42H40ClFN6O3/c43-28-8-6-27(33(44)19-28)23-53-38-3-1-2-34(46-38)24-12-15-42(16-13-24)21-32(42)40-47-36-20-29(9-11-37(36)50(40)22-30-14-17-52-30)45-41(51)26-7-10-35-31(18-26)39(49-48-35)25-4-5-25/h1-3,6-11,18-20,24-25,30,32H,4-5,12-17,21-23H2,(H,45,51)(H,48,49). The SMILES string of the molecule is O=C(Nc1ccc2c(c1)nc(C1CC13CCC(c1cccc(OCc4ccc(Cl)cc4F)n1)CC3)n2CC1CCO1)c1ccc2n[nH]c(C3CC3)c2c1. The second-order valence-electron chi connectivity index (χ2n) is 15.5. The fraction of sp³-hybridized carbons (Fsp3) is 0.381. The number of hydrogen-bond donors (Lipinski definition) is 2. The van der Waals surface area contributed by atoms with E-state index in [-0.39, 0.29) is 29.9 Å². The van der Waals surface area contributed by atoms with Crippen LogP contribution in [0.3, 0.4) is 0 Å². The summed E-state index contributed by atoms with van der Waals surface area (Å²) in [7, 11) is 0. The number of carbonyl (C=O) groups is 1. The van der Waals surface area contributed by atoms with Crippen molar-refractivity contribution in [3.05, 3.63) is 112 Å². The van der Waals surface area contributed by atoms with E-state index in [1.54, 1.807) is 12.1 Å². The molecule has 3 aromatic carbocycles. The summed E-state index contributed by atoms with van der Waals surface area (Å²) in [5.41, 5.74) is 7.07. The zero-order chi connectivity index (χ0) is 35.7. The number of nitrogens with zero attached hydrogens (tertiary/aromatic N) is 4. The van der Waals surface area contributed by atoms with E-state index in [0.29, 0.717) is 39.8 Å². The van der Waals surface area contributed by atoms with Crippen LogP contribution in [0, 0.1) is 11.2 Å². The third-order valence-electron chi connectivity index (χ3n) is 12.1. The van der Waals surface area contributed by atoms with Gasteiger partial charge in [0.25, 0.3) is 5.91 Å². The quantitative estimate of drug-likeness (QED) is 0.146. The first kappa shape index (κ1) is 32.8. The van der Waals surface area contributed by atoms with Crippen molar-refractivity contribution in [2.45, 2.75) is 88.4 Å². The Morgan fingerprint density at radius 3 is 2.64 bits per heavy atom. The monoisotopic (exact) mass is 730 g/mol. The van der Waals surface area contributed by atoms with Crippen LogP contribution in [0.1, 0.15) is 102 Å². The Balaban J connectivity index is 0.840. The van der Waals surface area contributed by atoms with E-state index in [2.05, 4.69) is 32.2 Å². The third-order valence-corrected chi connectivity index (χ3v) is 12.3. The molecule has 53 heavy (non-hydrogen) atoms. The molecule has 0 bridgehead atoms. The summed E-state index contributed by atoms with van der Waals surface area (Å²) in [6, 6.07) is 22.3. The van der Waals surface area contributed by atoms with Gasteiger partial charge in [-0.15, -0.1) is 0 Å². The average Bonchev–Trinajstić information content (AvgIpc) is 4.04. The molecule has 10 rings (SSSR count). The normalized spacial score (nSPS) is 23.7. The highest BCUT2D eigenvalue weighted by Gasteiger charge is 2.57. The molecule has 2 atom stereocenters. The Hall–Kier alpha value is -4.80. The molecule has 3 aromatic heterocycles. The summed E-state index contributed by atoms with van der Waals surface area (Å²) in [5, 5.41) is 12.1. The molecule has 1 spiro atoms. The molecule has 9 nitrogen and oxygen atoms in total. The molecule has 4 aliphatic rings. The van der Waals surface area contributed by atoms with Gasteiger partial charge >= 0.3 is 0 Å². The van der Waals surface area contributed by atoms with Gasteiger partial charge in [0, 0.05) is 69.0 Å². The van der Waals surface area contributed by atoms with E-state index < -0.39 is 0 Å². The van der Waals surface area contributed by atoms with Crippen LogP contribution >= 0.6 is 11.6 Å². The fourth-order valence-electron chi connectivity index (χ4n) is 8.66. The smallest absolute Gasteiger partial charge is 0.255 e. The Bertz CT molecular complexity index is 2370. The van der Waals surface area contributed by atoms with Crippen LogP contribution in [0.5, 0.6) is 5.88 Å². The predicted octanol–water partition coefficient (Wildman–Crippen LogP) is 9.43. The number of hydrogen-bond acceptors (Lipinski definition) is 6. The van der Waals surface area contributed by atoms with Gasteiger partial charge in [-0.25, -0.2) is 14.4 Å². The van der Waals surface area contributed by atoms with Crippen LogP contribution in [0.15, 0.2) is 72.8 Å². The minimum Gasteiger partial charge on any atom is -0.473 e. The van der Waals surface area contributed by atoms with Gasteiger partial charge in [-0.3, -0.25) is 9.89 Å². The predicted molar refractivity (Wildman–Crippen MR) is 201 cm³/mol. The fourth-order valence-corrected chi connectivity index (χ4v) is 8.82. The van der Waals surface area contributed by atoms with Gasteiger partial charge in [-0.1, -0.05) is 23.7 Å². The van der Waals surface area contributed by atoms with E-state index in [1.165, 1.54) is 6.07 Å². The molecule has 1 saturated heterocycles. The Morgan fingerprint density at radius 1 is 0.981 bits per heavy atom. The molecule has 3 saturated carbocycles. The van der Waals surface area contributed by atoms with E-state index in [4.69, 9.17) is 31.0 Å². The molecule has 4 fully saturated rings. The molecule has 0 radical (unpaired) electrons. The number of pyridine rings is 1. The molecular formula is C42H40ClFN6O3. The molecule has 1 amide bonds. The van der Waals surface area contributed by atoms with Crippen molar-refractivity contribution in [3.63, 3.8) is 0 Å². The maximum Gasteiger partial charge on any atom is 0.255 e. The summed E-state index contributed by atoms with van der Waals surface area (Å²) in [4.78, 5) is 23.6. The molecular weight excluding hydrogens is 691 g/mol. The molecule has 4 heterocycles. The average molecular weight is 731 g/mol. The van der Waals surface area contributed by atoms with Crippen molar-refractivity contribution in [2.24, 2.45) is 5.41 Å². The number of H-pyrrole nitrogens is 1. The van der Waals surface area contributed by atoms with Crippen molar-refractivity contribution in [2.75, 3.05) is 11.9 Å². The van der Waals surface area contributed by atoms with Crippen molar-refractivity contribution in [1.29, 1.82) is 0 Å². The van der Waals surface area contributed by atoms with Gasteiger partial charge in [-0.2, -0.15) is 5.10 Å². The van der Waals surface area contributed by atoms with E-state index in [1.807, 2.05) is 42.5 Å². The van der Waals surface area contributed by atoms with Crippen molar-refractivity contribution >= 4 is 45.1 Å². The number of benzene rings is 3. The van der Waals surface area contributed by atoms with Gasteiger partial charge in [0.2, 0.25) is 5.88 Å². The number of ether oxygens (including phenoxy) is 2. The minimum atomic E-state index is -0.382.